The monoisotopic (exact) mass is 404 g/mol. The number of nitrogens with one attached hydrogen (secondary N) is 1. The molecule has 1 aliphatic carbocycles. The maximum Gasteiger partial charge on any atom is 0.230 e. The standard InChI is InChI=1S/C22H36N4O3/c1-16-12-18(28-6)19(29-7)13-17(16)14-26(5)21(23-2)24-15-22(10-8-9-11-22)20(27)25(3)4/h12-13H,8-11,14-15H2,1-7H3,(H,23,24). The highest BCUT2D eigenvalue weighted by atomic mass is 16.5. The first-order valence-electron chi connectivity index (χ1n) is 10.1. The van der Waals surface area contributed by atoms with Crippen LogP contribution >= 0.6 is 0 Å². The molecule has 0 radical (unpaired) electrons. The number of aliphatic imine (C=N–C) groups is 1. The van der Waals surface area contributed by atoms with Crippen LogP contribution in [0.25, 0.3) is 0 Å². The number of nitrogens with zero attached hydrogens (tertiary/aromatic N) is 3. The van der Waals surface area contributed by atoms with Crippen molar-refractivity contribution in [1.82, 2.24) is 15.1 Å². The third-order valence-electron chi connectivity index (χ3n) is 5.83. The molecule has 162 valence electrons. The minimum Gasteiger partial charge on any atom is -0.493 e. The molecule has 0 heterocycles. The number of carbonyl (C=O) groups excluding carboxylic acids is 1. The fraction of sp³-hybridized carbons (Fsp3) is 0.636. The van der Waals surface area contributed by atoms with Crippen molar-refractivity contribution in [3.8, 4) is 11.5 Å². The van der Waals surface area contributed by atoms with E-state index in [1.807, 2.05) is 33.3 Å². The number of rotatable bonds is 7. The zero-order chi connectivity index (χ0) is 21.6. The SMILES string of the molecule is CN=C(NCC1(C(=O)N(C)C)CCCC1)N(C)Cc1cc(OC)c(OC)cc1C. The van der Waals surface area contributed by atoms with Crippen LogP contribution in [0.5, 0.6) is 11.5 Å². The number of methoxy groups -OCH3 is 2. The van der Waals surface area contributed by atoms with E-state index in [0.717, 1.165) is 48.5 Å². The molecule has 7 nitrogen and oxygen atoms in total. The maximum absolute atomic E-state index is 12.8. The van der Waals surface area contributed by atoms with E-state index in [4.69, 9.17) is 9.47 Å². The number of guanidine groups is 1. The van der Waals surface area contributed by atoms with Gasteiger partial charge in [0.25, 0.3) is 0 Å². The number of ether oxygens (including phenoxy) is 2. The Morgan fingerprint density at radius 3 is 2.24 bits per heavy atom. The fourth-order valence-electron chi connectivity index (χ4n) is 4.15. The van der Waals surface area contributed by atoms with Gasteiger partial charge in [0, 0.05) is 41.3 Å². The smallest absolute Gasteiger partial charge is 0.230 e. The minimum absolute atomic E-state index is 0.205. The van der Waals surface area contributed by atoms with E-state index in [2.05, 4.69) is 22.1 Å². The predicted octanol–water partition coefficient (Wildman–Crippen LogP) is 2.67. The Balaban J connectivity index is 2.11. The van der Waals surface area contributed by atoms with Gasteiger partial charge in [0.2, 0.25) is 5.91 Å². The fourth-order valence-corrected chi connectivity index (χ4v) is 4.15. The molecule has 0 saturated heterocycles. The maximum atomic E-state index is 12.8. The van der Waals surface area contributed by atoms with Gasteiger partial charge in [-0.1, -0.05) is 12.8 Å². The van der Waals surface area contributed by atoms with Gasteiger partial charge < -0.3 is 24.6 Å². The van der Waals surface area contributed by atoms with Crippen molar-refractivity contribution < 1.29 is 14.3 Å². The first-order chi connectivity index (χ1) is 13.8. The van der Waals surface area contributed by atoms with Crippen molar-refractivity contribution in [3.63, 3.8) is 0 Å². The summed E-state index contributed by atoms with van der Waals surface area (Å²) in [6.45, 7) is 3.33. The second-order valence-electron chi connectivity index (χ2n) is 8.08. The van der Waals surface area contributed by atoms with Crippen molar-refractivity contribution >= 4 is 11.9 Å². The van der Waals surface area contributed by atoms with E-state index in [1.54, 1.807) is 26.2 Å². The summed E-state index contributed by atoms with van der Waals surface area (Å²) in [5.74, 6) is 2.42. The number of amides is 1. The van der Waals surface area contributed by atoms with Crippen LogP contribution in [-0.4, -0.2) is 70.6 Å². The van der Waals surface area contributed by atoms with Crippen LogP contribution < -0.4 is 14.8 Å². The highest BCUT2D eigenvalue weighted by molar-refractivity contribution is 5.85. The zero-order valence-electron chi connectivity index (χ0n) is 19.0. The van der Waals surface area contributed by atoms with Crippen LogP contribution in [-0.2, 0) is 11.3 Å². The summed E-state index contributed by atoms with van der Waals surface area (Å²) in [5, 5.41) is 3.45. The molecule has 1 fully saturated rings. The number of carbonyl (C=O) groups is 1. The van der Waals surface area contributed by atoms with E-state index in [1.165, 1.54) is 0 Å². The van der Waals surface area contributed by atoms with Gasteiger partial charge in [0.15, 0.2) is 17.5 Å². The molecule has 0 bridgehead atoms. The predicted molar refractivity (Wildman–Crippen MR) is 117 cm³/mol. The van der Waals surface area contributed by atoms with E-state index in [0.29, 0.717) is 18.8 Å². The number of benzene rings is 1. The first-order valence-corrected chi connectivity index (χ1v) is 10.1. The molecule has 2 rings (SSSR count). The largest absolute Gasteiger partial charge is 0.493 e. The average molecular weight is 405 g/mol. The molecule has 0 unspecified atom stereocenters. The summed E-state index contributed by atoms with van der Waals surface area (Å²) in [4.78, 5) is 21.0. The van der Waals surface area contributed by atoms with Crippen LogP contribution in [0.4, 0.5) is 0 Å². The topological polar surface area (TPSA) is 66.4 Å². The van der Waals surface area contributed by atoms with Gasteiger partial charge in [-0.3, -0.25) is 9.79 Å². The summed E-state index contributed by atoms with van der Waals surface area (Å²) >= 11 is 0. The second-order valence-corrected chi connectivity index (χ2v) is 8.08. The number of aryl methyl sites for hydroxylation is 1. The van der Waals surface area contributed by atoms with Gasteiger partial charge in [0.1, 0.15) is 0 Å². The molecular weight excluding hydrogens is 368 g/mol. The third-order valence-corrected chi connectivity index (χ3v) is 5.83. The lowest BCUT2D eigenvalue weighted by molar-refractivity contribution is -0.138. The summed E-state index contributed by atoms with van der Waals surface area (Å²) < 4.78 is 10.8. The van der Waals surface area contributed by atoms with Crippen LogP contribution in [0, 0.1) is 12.3 Å². The quantitative estimate of drug-likeness (QED) is 0.559. The van der Waals surface area contributed by atoms with Crippen LogP contribution in [0.15, 0.2) is 17.1 Å². The Bertz CT molecular complexity index is 740. The molecule has 1 amide bonds. The molecule has 0 aliphatic heterocycles. The highest BCUT2D eigenvalue weighted by Crippen LogP contribution is 2.39. The van der Waals surface area contributed by atoms with Crippen molar-refractivity contribution in [2.75, 3.05) is 49.0 Å². The minimum atomic E-state index is -0.334. The molecule has 0 atom stereocenters. The molecule has 7 heteroatoms. The Morgan fingerprint density at radius 1 is 1.14 bits per heavy atom. The summed E-state index contributed by atoms with van der Waals surface area (Å²) in [7, 11) is 10.7. The van der Waals surface area contributed by atoms with Gasteiger partial charge in [-0.25, -0.2) is 0 Å². The Morgan fingerprint density at radius 2 is 1.72 bits per heavy atom. The van der Waals surface area contributed by atoms with Crippen molar-refractivity contribution in [3.05, 3.63) is 23.3 Å². The molecule has 1 aliphatic rings. The Kier molecular flexibility index (Phi) is 7.76. The van der Waals surface area contributed by atoms with E-state index >= 15 is 0 Å². The molecule has 1 aromatic carbocycles. The van der Waals surface area contributed by atoms with Gasteiger partial charge >= 0.3 is 0 Å². The highest BCUT2D eigenvalue weighted by Gasteiger charge is 2.42. The summed E-state index contributed by atoms with van der Waals surface area (Å²) in [6, 6.07) is 3.99. The molecule has 29 heavy (non-hydrogen) atoms. The molecule has 1 saturated carbocycles. The van der Waals surface area contributed by atoms with Gasteiger partial charge in [-0.2, -0.15) is 0 Å². The van der Waals surface area contributed by atoms with Gasteiger partial charge in [-0.05, 0) is 43.0 Å². The van der Waals surface area contributed by atoms with E-state index in [-0.39, 0.29) is 11.3 Å². The van der Waals surface area contributed by atoms with E-state index in [9.17, 15) is 4.79 Å². The molecule has 0 aromatic heterocycles. The van der Waals surface area contributed by atoms with Crippen molar-refractivity contribution in [1.29, 1.82) is 0 Å². The summed E-state index contributed by atoms with van der Waals surface area (Å²) in [6.07, 6.45) is 4.04. The average Bonchev–Trinajstić information content (AvgIpc) is 3.18. The lowest BCUT2D eigenvalue weighted by Crippen LogP contribution is -2.49. The normalized spacial score (nSPS) is 15.8. The second kappa shape index (κ2) is 9.85. The molecule has 1 N–H and O–H groups in total. The van der Waals surface area contributed by atoms with Crippen LogP contribution in [0.2, 0.25) is 0 Å². The van der Waals surface area contributed by atoms with E-state index < -0.39 is 0 Å². The lowest BCUT2D eigenvalue weighted by Gasteiger charge is -2.33. The number of hydrogen-bond donors (Lipinski definition) is 1. The third kappa shape index (κ3) is 5.14. The van der Waals surface area contributed by atoms with Gasteiger partial charge in [-0.15, -0.1) is 0 Å². The van der Waals surface area contributed by atoms with Crippen LogP contribution in [0.3, 0.4) is 0 Å². The van der Waals surface area contributed by atoms with Crippen molar-refractivity contribution in [2.45, 2.75) is 39.2 Å². The van der Waals surface area contributed by atoms with Crippen molar-refractivity contribution in [2.24, 2.45) is 10.4 Å². The number of hydrogen-bond acceptors (Lipinski definition) is 4. The van der Waals surface area contributed by atoms with Gasteiger partial charge in [0.05, 0.1) is 19.6 Å². The first kappa shape index (κ1) is 22.8. The lowest BCUT2D eigenvalue weighted by atomic mass is 9.84. The molecule has 0 spiro atoms. The van der Waals surface area contributed by atoms with Crippen LogP contribution in [0.1, 0.15) is 36.8 Å². The Hall–Kier alpha value is -2.44. The molecular formula is C22H36N4O3. The zero-order valence-corrected chi connectivity index (χ0v) is 19.0. The molecule has 1 aromatic rings. The Labute approximate surface area is 175 Å². The summed E-state index contributed by atoms with van der Waals surface area (Å²) in [5.41, 5.74) is 1.92.